The minimum atomic E-state index is -0.594. The third kappa shape index (κ3) is 4.41. The zero-order valence-corrected chi connectivity index (χ0v) is 17.2. The van der Waals surface area contributed by atoms with Gasteiger partial charge in [0.2, 0.25) is 11.7 Å². The molecule has 2 aliphatic rings. The third-order valence-corrected chi connectivity index (χ3v) is 5.16. The summed E-state index contributed by atoms with van der Waals surface area (Å²) in [5.41, 5.74) is 7.16. The van der Waals surface area contributed by atoms with Crippen LogP contribution < -0.4 is 20.7 Å². The van der Waals surface area contributed by atoms with Crippen LogP contribution in [0.15, 0.2) is 54.6 Å². The van der Waals surface area contributed by atoms with Crippen molar-refractivity contribution in [1.29, 1.82) is 0 Å². The van der Waals surface area contributed by atoms with E-state index < -0.39 is 5.91 Å². The van der Waals surface area contributed by atoms with E-state index in [0.717, 1.165) is 29.4 Å². The van der Waals surface area contributed by atoms with Gasteiger partial charge in [0.1, 0.15) is 11.6 Å². The van der Waals surface area contributed by atoms with E-state index >= 15 is 0 Å². The SMILES string of the molecule is CN1C(=O)CCOc2ccccc21.NC(=O)c1nc2n(n1)CCNC2c1ccccc1. The predicted molar refractivity (Wildman–Crippen MR) is 115 cm³/mol. The van der Waals surface area contributed by atoms with Gasteiger partial charge in [-0.15, -0.1) is 5.10 Å². The Balaban J connectivity index is 0.000000158. The number of nitrogens with zero attached hydrogens (tertiary/aromatic N) is 4. The van der Waals surface area contributed by atoms with Gasteiger partial charge < -0.3 is 20.7 Å². The molecule has 0 bridgehead atoms. The number of hydrogen-bond acceptors (Lipinski definition) is 6. The quantitative estimate of drug-likeness (QED) is 0.649. The molecule has 0 spiro atoms. The number of fused-ring (bicyclic) bond motifs is 2. The van der Waals surface area contributed by atoms with Crippen LogP contribution in [-0.4, -0.2) is 46.8 Å². The molecule has 1 atom stereocenters. The molecule has 3 N–H and O–H groups in total. The number of carbonyl (C=O) groups is 2. The van der Waals surface area contributed by atoms with E-state index in [-0.39, 0.29) is 17.8 Å². The van der Waals surface area contributed by atoms with Gasteiger partial charge in [-0.05, 0) is 17.7 Å². The normalized spacial score (nSPS) is 17.4. The Morgan fingerprint density at radius 3 is 2.68 bits per heavy atom. The fraction of sp³-hybridized carbons (Fsp3) is 0.273. The van der Waals surface area contributed by atoms with Crippen LogP contribution in [0.3, 0.4) is 0 Å². The number of aromatic nitrogens is 3. The molecule has 3 aromatic rings. The number of primary amides is 1. The predicted octanol–water partition coefficient (Wildman–Crippen LogP) is 1.50. The lowest BCUT2D eigenvalue weighted by Crippen LogP contribution is -2.34. The Bertz CT molecular complexity index is 1080. The fourth-order valence-electron chi connectivity index (χ4n) is 3.56. The van der Waals surface area contributed by atoms with E-state index in [1.807, 2.05) is 54.6 Å². The molecule has 31 heavy (non-hydrogen) atoms. The first-order valence-electron chi connectivity index (χ1n) is 10.1. The van der Waals surface area contributed by atoms with Crippen molar-refractivity contribution >= 4 is 17.5 Å². The first-order valence-corrected chi connectivity index (χ1v) is 10.1. The zero-order valence-electron chi connectivity index (χ0n) is 17.2. The number of ether oxygens (including phenoxy) is 1. The number of hydrogen-bond donors (Lipinski definition) is 2. The van der Waals surface area contributed by atoms with Crippen molar-refractivity contribution in [3.05, 3.63) is 71.8 Å². The molecule has 2 aliphatic heterocycles. The Morgan fingerprint density at radius 2 is 1.90 bits per heavy atom. The summed E-state index contributed by atoms with van der Waals surface area (Å²) in [6.45, 7) is 1.95. The van der Waals surface area contributed by atoms with Crippen LogP contribution in [0.2, 0.25) is 0 Å². The maximum Gasteiger partial charge on any atom is 0.288 e. The van der Waals surface area contributed by atoms with Gasteiger partial charge in [0, 0.05) is 13.6 Å². The molecule has 9 heteroatoms. The van der Waals surface area contributed by atoms with Gasteiger partial charge in [0.05, 0.1) is 31.3 Å². The molecule has 0 fully saturated rings. The second kappa shape index (κ2) is 8.97. The number of amides is 2. The molecule has 160 valence electrons. The number of nitrogens with two attached hydrogens (primary N) is 1. The largest absolute Gasteiger partial charge is 0.491 e. The van der Waals surface area contributed by atoms with E-state index in [1.54, 1.807) is 16.6 Å². The topological polar surface area (TPSA) is 115 Å². The molecule has 5 rings (SSSR count). The molecule has 0 saturated carbocycles. The van der Waals surface area contributed by atoms with E-state index in [2.05, 4.69) is 15.4 Å². The highest BCUT2D eigenvalue weighted by Crippen LogP contribution is 2.29. The number of nitrogens with one attached hydrogen (secondary N) is 1. The molecular weight excluding hydrogens is 396 g/mol. The van der Waals surface area contributed by atoms with E-state index in [0.29, 0.717) is 19.6 Å². The lowest BCUT2D eigenvalue weighted by Gasteiger charge is -2.23. The van der Waals surface area contributed by atoms with Crippen molar-refractivity contribution in [2.24, 2.45) is 5.73 Å². The van der Waals surface area contributed by atoms with Crippen molar-refractivity contribution in [3.63, 3.8) is 0 Å². The third-order valence-electron chi connectivity index (χ3n) is 5.16. The van der Waals surface area contributed by atoms with Crippen molar-refractivity contribution in [1.82, 2.24) is 20.1 Å². The standard InChI is InChI=1S/C12H13N5O.C10H11NO2/c13-10(18)11-15-12-9(8-4-2-1-3-5-8)14-6-7-17(12)16-11;1-11-8-4-2-3-5-9(8)13-7-6-10(11)12/h1-5,9,14H,6-7H2,(H2,13,18);2-5H,6-7H2,1H3. The van der Waals surface area contributed by atoms with Gasteiger partial charge in [-0.1, -0.05) is 42.5 Å². The monoisotopic (exact) mass is 420 g/mol. The summed E-state index contributed by atoms with van der Waals surface area (Å²) in [4.78, 5) is 28.4. The smallest absolute Gasteiger partial charge is 0.288 e. The average molecular weight is 420 g/mol. The van der Waals surface area contributed by atoms with E-state index in [4.69, 9.17) is 10.5 Å². The average Bonchev–Trinajstić information content (AvgIpc) is 3.19. The summed E-state index contributed by atoms with van der Waals surface area (Å²) in [6.07, 6.45) is 0.450. The van der Waals surface area contributed by atoms with Gasteiger partial charge in [-0.2, -0.15) is 0 Å². The Hall–Kier alpha value is -3.72. The number of carbonyl (C=O) groups excluding carboxylic acids is 2. The molecule has 2 amide bonds. The number of rotatable bonds is 2. The molecule has 1 aromatic heterocycles. The maximum absolute atomic E-state index is 11.4. The molecule has 3 heterocycles. The molecular formula is C22H24N6O3. The summed E-state index contributed by atoms with van der Waals surface area (Å²) in [5, 5.41) is 7.49. The Kier molecular flexibility index (Phi) is 5.94. The van der Waals surface area contributed by atoms with Gasteiger partial charge in [-0.3, -0.25) is 9.59 Å². The minimum Gasteiger partial charge on any atom is -0.491 e. The zero-order chi connectivity index (χ0) is 21.8. The minimum absolute atomic E-state index is 0.0412. The first kappa shape index (κ1) is 20.5. The highest BCUT2D eigenvalue weighted by atomic mass is 16.5. The van der Waals surface area contributed by atoms with Gasteiger partial charge in [-0.25, -0.2) is 9.67 Å². The molecule has 0 radical (unpaired) electrons. The van der Waals surface area contributed by atoms with Crippen LogP contribution in [0.1, 0.15) is 34.5 Å². The van der Waals surface area contributed by atoms with Crippen molar-refractivity contribution < 1.29 is 14.3 Å². The fourth-order valence-corrected chi connectivity index (χ4v) is 3.56. The van der Waals surface area contributed by atoms with E-state index in [9.17, 15) is 9.59 Å². The van der Waals surface area contributed by atoms with Gasteiger partial charge in [0.25, 0.3) is 5.91 Å². The number of para-hydroxylation sites is 2. The van der Waals surface area contributed by atoms with Gasteiger partial charge in [0.15, 0.2) is 0 Å². The van der Waals surface area contributed by atoms with Crippen molar-refractivity contribution in [2.75, 3.05) is 25.1 Å². The van der Waals surface area contributed by atoms with Crippen LogP contribution in [-0.2, 0) is 11.3 Å². The molecule has 1 unspecified atom stereocenters. The second-order valence-corrected chi connectivity index (χ2v) is 7.20. The highest BCUT2D eigenvalue weighted by Gasteiger charge is 2.26. The van der Waals surface area contributed by atoms with Crippen molar-refractivity contribution in [2.45, 2.75) is 19.0 Å². The van der Waals surface area contributed by atoms with Gasteiger partial charge >= 0.3 is 0 Å². The summed E-state index contributed by atoms with van der Waals surface area (Å²) in [7, 11) is 1.77. The van der Waals surface area contributed by atoms with E-state index in [1.165, 1.54) is 0 Å². The van der Waals surface area contributed by atoms with Crippen LogP contribution in [0.5, 0.6) is 5.75 Å². The lowest BCUT2D eigenvalue weighted by atomic mass is 10.1. The van der Waals surface area contributed by atoms with Crippen LogP contribution >= 0.6 is 0 Å². The Labute approximate surface area is 179 Å². The summed E-state index contributed by atoms with van der Waals surface area (Å²) < 4.78 is 7.17. The van der Waals surface area contributed by atoms with Crippen LogP contribution in [0.25, 0.3) is 0 Å². The summed E-state index contributed by atoms with van der Waals surface area (Å²) in [6, 6.07) is 17.5. The Morgan fingerprint density at radius 1 is 1.16 bits per heavy atom. The van der Waals surface area contributed by atoms with Crippen LogP contribution in [0, 0.1) is 0 Å². The number of anilines is 1. The molecule has 0 saturated heterocycles. The molecule has 9 nitrogen and oxygen atoms in total. The number of benzene rings is 2. The van der Waals surface area contributed by atoms with Crippen molar-refractivity contribution in [3.8, 4) is 5.75 Å². The highest BCUT2D eigenvalue weighted by molar-refractivity contribution is 5.95. The first-order chi connectivity index (χ1) is 15.0. The maximum atomic E-state index is 11.4. The summed E-state index contributed by atoms with van der Waals surface area (Å²) in [5.74, 6) is 1.11. The van der Waals surface area contributed by atoms with Crippen LogP contribution in [0.4, 0.5) is 5.69 Å². The lowest BCUT2D eigenvalue weighted by molar-refractivity contribution is -0.118. The summed E-state index contributed by atoms with van der Waals surface area (Å²) >= 11 is 0. The molecule has 2 aromatic carbocycles. The molecule has 0 aliphatic carbocycles. The second-order valence-electron chi connectivity index (χ2n) is 7.20.